The van der Waals surface area contributed by atoms with E-state index in [2.05, 4.69) is 10.6 Å². The molecule has 0 spiro atoms. The van der Waals surface area contributed by atoms with Crippen LogP contribution in [0, 0.1) is 6.92 Å². The number of carbonyl (C=O) groups excluding carboxylic acids is 2. The summed E-state index contributed by atoms with van der Waals surface area (Å²) < 4.78 is 0. The summed E-state index contributed by atoms with van der Waals surface area (Å²) in [7, 11) is 0. The minimum atomic E-state index is -0.107. The van der Waals surface area contributed by atoms with Crippen LogP contribution in [0.1, 0.15) is 22.8 Å². The molecule has 0 aliphatic heterocycles. The van der Waals surface area contributed by atoms with Gasteiger partial charge in [-0.15, -0.1) is 0 Å². The van der Waals surface area contributed by atoms with E-state index < -0.39 is 0 Å². The van der Waals surface area contributed by atoms with Gasteiger partial charge in [-0.25, -0.2) is 0 Å². The molecule has 0 bridgehead atoms. The van der Waals surface area contributed by atoms with E-state index in [0.717, 1.165) is 16.9 Å². The first-order valence-corrected chi connectivity index (χ1v) is 6.96. The van der Waals surface area contributed by atoms with Crippen molar-refractivity contribution in [2.24, 2.45) is 0 Å². The SMILES string of the molecule is CC(=O)Nc1ccc(NC=CC(=O)c2cccc(C)c2)cc1. The Balaban J connectivity index is 1.94. The summed E-state index contributed by atoms with van der Waals surface area (Å²) in [6.45, 7) is 3.42. The van der Waals surface area contributed by atoms with Crippen molar-refractivity contribution < 1.29 is 9.59 Å². The Kier molecular flexibility index (Phi) is 5.09. The van der Waals surface area contributed by atoms with E-state index in [0.29, 0.717) is 5.56 Å². The number of nitrogens with one attached hydrogen (secondary N) is 2. The van der Waals surface area contributed by atoms with Gasteiger partial charge in [0.15, 0.2) is 5.78 Å². The molecule has 1 amide bonds. The highest BCUT2D eigenvalue weighted by molar-refractivity contribution is 6.04. The predicted octanol–water partition coefficient (Wildman–Crippen LogP) is 3.76. The van der Waals surface area contributed by atoms with Crippen LogP contribution in [0.5, 0.6) is 0 Å². The summed E-state index contributed by atoms with van der Waals surface area (Å²) >= 11 is 0. The Morgan fingerprint density at radius 2 is 1.68 bits per heavy atom. The molecule has 0 heterocycles. The second kappa shape index (κ2) is 7.22. The van der Waals surface area contributed by atoms with Crippen molar-refractivity contribution >= 4 is 23.1 Å². The van der Waals surface area contributed by atoms with Crippen LogP contribution in [0.25, 0.3) is 0 Å². The monoisotopic (exact) mass is 294 g/mol. The van der Waals surface area contributed by atoms with Gasteiger partial charge >= 0.3 is 0 Å². The Morgan fingerprint density at radius 3 is 2.32 bits per heavy atom. The molecule has 0 saturated heterocycles. The lowest BCUT2D eigenvalue weighted by Crippen LogP contribution is -2.05. The van der Waals surface area contributed by atoms with Crippen molar-refractivity contribution in [1.29, 1.82) is 0 Å². The molecular weight excluding hydrogens is 276 g/mol. The van der Waals surface area contributed by atoms with Crippen LogP contribution in [-0.2, 0) is 4.79 Å². The highest BCUT2D eigenvalue weighted by Gasteiger charge is 2.01. The molecule has 4 nitrogen and oxygen atoms in total. The summed E-state index contributed by atoms with van der Waals surface area (Å²) in [6.07, 6.45) is 3.11. The zero-order chi connectivity index (χ0) is 15.9. The second-order valence-corrected chi connectivity index (χ2v) is 4.97. The standard InChI is InChI=1S/C18H18N2O2/c1-13-4-3-5-15(12-13)18(22)10-11-19-16-6-8-17(9-7-16)20-14(2)21/h3-12,19H,1-2H3,(H,20,21). The summed E-state index contributed by atoms with van der Waals surface area (Å²) in [5.41, 5.74) is 3.29. The number of amides is 1. The van der Waals surface area contributed by atoms with E-state index in [4.69, 9.17) is 0 Å². The Hall–Kier alpha value is -2.88. The molecule has 2 N–H and O–H groups in total. The Morgan fingerprint density at radius 1 is 1.00 bits per heavy atom. The number of benzene rings is 2. The molecule has 0 aliphatic carbocycles. The number of ketones is 1. The van der Waals surface area contributed by atoms with E-state index >= 15 is 0 Å². The van der Waals surface area contributed by atoms with E-state index in [1.807, 2.05) is 37.3 Å². The van der Waals surface area contributed by atoms with E-state index in [1.54, 1.807) is 24.4 Å². The third-order valence-corrected chi connectivity index (χ3v) is 2.99. The zero-order valence-corrected chi connectivity index (χ0v) is 12.6. The normalized spacial score (nSPS) is 10.5. The summed E-state index contributed by atoms with van der Waals surface area (Å²) in [4.78, 5) is 22.9. The fourth-order valence-electron chi connectivity index (χ4n) is 1.96. The number of allylic oxidation sites excluding steroid dienone is 1. The fraction of sp³-hybridized carbons (Fsp3) is 0.111. The lowest BCUT2D eigenvalue weighted by Gasteiger charge is -2.04. The van der Waals surface area contributed by atoms with Crippen LogP contribution in [0.3, 0.4) is 0 Å². The van der Waals surface area contributed by atoms with Crippen molar-refractivity contribution in [1.82, 2.24) is 0 Å². The first-order chi connectivity index (χ1) is 10.5. The molecule has 0 unspecified atom stereocenters. The van der Waals surface area contributed by atoms with Crippen molar-refractivity contribution in [3.63, 3.8) is 0 Å². The number of hydrogen-bond acceptors (Lipinski definition) is 3. The minimum absolute atomic E-state index is 0.0499. The smallest absolute Gasteiger partial charge is 0.221 e. The number of carbonyl (C=O) groups is 2. The topological polar surface area (TPSA) is 58.2 Å². The van der Waals surface area contributed by atoms with Gasteiger partial charge in [0.25, 0.3) is 0 Å². The zero-order valence-electron chi connectivity index (χ0n) is 12.6. The molecule has 0 saturated carbocycles. The Labute approximate surface area is 129 Å². The highest BCUT2D eigenvalue weighted by Crippen LogP contribution is 2.13. The summed E-state index contributed by atoms with van der Waals surface area (Å²) in [5, 5.41) is 5.72. The van der Waals surface area contributed by atoms with Gasteiger partial charge in [0.05, 0.1) is 0 Å². The van der Waals surface area contributed by atoms with Crippen molar-refractivity contribution in [3.05, 3.63) is 71.9 Å². The number of aryl methyl sites for hydroxylation is 1. The molecule has 22 heavy (non-hydrogen) atoms. The van der Waals surface area contributed by atoms with Crippen molar-refractivity contribution in [3.8, 4) is 0 Å². The number of anilines is 2. The van der Waals surface area contributed by atoms with Crippen LogP contribution in [-0.4, -0.2) is 11.7 Å². The predicted molar refractivity (Wildman–Crippen MR) is 89.0 cm³/mol. The fourth-order valence-corrected chi connectivity index (χ4v) is 1.96. The molecule has 0 fully saturated rings. The molecular formula is C18H18N2O2. The quantitative estimate of drug-likeness (QED) is 0.652. The maximum absolute atomic E-state index is 12.0. The van der Waals surface area contributed by atoms with Gasteiger partial charge in [0.2, 0.25) is 5.91 Å². The molecule has 2 rings (SSSR count). The first kappa shape index (κ1) is 15.5. The summed E-state index contributed by atoms with van der Waals surface area (Å²) in [5.74, 6) is -0.157. The van der Waals surface area contributed by atoms with Crippen LogP contribution in [0.2, 0.25) is 0 Å². The van der Waals surface area contributed by atoms with Crippen molar-refractivity contribution in [2.45, 2.75) is 13.8 Å². The Bertz CT molecular complexity index is 703. The van der Waals surface area contributed by atoms with Gasteiger partial charge < -0.3 is 10.6 Å². The molecule has 2 aromatic rings. The van der Waals surface area contributed by atoms with Crippen LogP contribution in [0.4, 0.5) is 11.4 Å². The average molecular weight is 294 g/mol. The first-order valence-electron chi connectivity index (χ1n) is 6.96. The van der Waals surface area contributed by atoms with Crippen LogP contribution in [0.15, 0.2) is 60.8 Å². The third kappa shape index (κ3) is 4.59. The van der Waals surface area contributed by atoms with E-state index in [1.165, 1.54) is 13.0 Å². The van der Waals surface area contributed by atoms with Gasteiger partial charge in [0, 0.05) is 36.1 Å². The molecule has 2 aromatic carbocycles. The van der Waals surface area contributed by atoms with E-state index in [9.17, 15) is 9.59 Å². The van der Waals surface area contributed by atoms with Gasteiger partial charge in [-0.1, -0.05) is 23.8 Å². The molecule has 0 aliphatic rings. The van der Waals surface area contributed by atoms with E-state index in [-0.39, 0.29) is 11.7 Å². The van der Waals surface area contributed by atoms with Gasteiger partial charge in [-0.2, -0.15) is 0 Å². The minimum Gasteiger partial charge on any atom is -0.362 e. The molecule has 0 atom stereocenters. The maximum Gasteiger partial charge on any atom is 0.221 e. The van der Waals surface area contributed by atoms with Crippen molar-refractivity contribution in [2.75, 3.05) is 10.6 Å². The number of hydrogen-bond donors (Lipinski definition) is 2. The molecule has 112 valence electrons. The van der Waals surface area contributed by atoms with Crippen LogP contribution >= 0.6 is 0 Å². The van der Waals surface area contributed by atoms with Gasteiger partial charge in [-0.3, -0.25) is 9.59 Å². The molecule has 0 radical (unpaired) electrons. The largest absolute Gasteiger partial charge is 0.362 e. The molecule has 0 aromatic heterocycles. The lowest BCUT2D eigenvalue weighted by molar-refractivity contribution is -0.114. The average Bonchev–Trinajstić information content (AvgIpc) is 2.48. The number of rotatable bonds is 5. The van der Waals surface area contributed by atoms with Gasteiger partial charge in [-0.05, 0) is 37.3 Å². The second-order valence-electron chi connectivity index (χ2n) is 4.97. The molecule has 4 heteroatoms. The van der Waals surface area contributed by atoms with Crippen LogP contribution < -0.4 is 10.6 Å². The third-order valence-electron chi connectivity index (χ3n) is 2.99. The van der Waals surface area contributed by atoms with Gasteiger partial charge in [0.1, 0.15) is 0 Å². The highest BCUT2D eigenvalue weighted by atomic mass is 16.1. The lowest BCUT2D eigenvalue weighted by atomic mass is 10.1. The summed E-state index contributed by atoms with van der Waals surface area (Å²) in [6, 6.07) is 14.7. The maximum atomic E-state index is 12.0.